The molecule has 0 fully saturated rings. The highest BCUT2D eigenvalue weighted by molar-refractivity contribution is 9.10. The molecule has 0 saturated carbocycles. The number of nitriles is 2. The molecule has 0 atom stereocenters. The third kappa shape index (κ3) is 6.15. The molecule has 3 aromatic rings. The summed E-state index contributed by atoms with van der Waals surface area (Å²) in [6.07, 6.45) is -12.3. The number of nitrogens with zero attached hydrogens (tertiary/aromatic N) is 2. The van der Waals surface area contributed by atoms with Crippen molar-refractivity contribution in [3.05, 3.63) is 91.4 Å². The fraction of sp³-hybridized carbons (Fsp3) is 0.154. The topological polar surface area (TPSA) is 126 Å². The van der Waals surface area contributed by atoms with Gasteiger partial charge < -0.3 is 15.7 Å². The summed E-state index contributed by atoms with van der Waals surface area (Å²) < 4.78 is 79.1. The molecule has 0 aliphatic heterocycles. The number of alkyl halides is 6. The highest BCUT2D eigenvalue weighted by atomic mass is 79.9. The van der Waals surface area contributed by atoms with E-state index in [1.54, 1.807) is 6.92 Å². The number of halogens is 8. The van der Waals surface area contributed by atoms with Crippen LogP contribution >= 0.6 is 27.5 Å². The maximum Gasteiger partial charge on any atom is 0.430 e. The number of aliphatic hydroxyl groups is 1. The van der Waals surface area contributed by atoms with Gasteiger partial charge >= 0.3 is 12.4 Å². The maximum absolute atomic E-state index is 13.3. The van der Waals surface area contributed by atoms with Crippen molar-refractivity contribution in [2.45, 2.75) is 24.9 Å². The minimum Gasteiger partial charge on any atom is -0.369 e. The van der Waals surface area contributed by atoms with Crippen LogP contribution in [0.4, 0.5) is 37.7 Å². The van der Waals surface area contributed by atoms with Crippen LogP contribution in [-0.2, 0) is 5.60 Å². The normalized spacial score (nSPS) is 11.8. The van der Waals surface area contributed by atoms with E-state index in [1.165, 1.54) is 30.3 Å². The predicted molar refractivity (Wildman–Crippen MR) is 138 cm³/mol. The summed E-state index contributed by atoms with van der Waals surface area (Å²) in [6, 6.07) is 12.1. The molecule has 15 heteroatoms. The lowest BCUT2D eigenvalue weighted by molar-refractivity contribution is -0.376. The molecule has 0 saturated heterocycles. The lowest BCUT2D eigenvalue weighted by Gasteiger charge is -2.33. The number of hydrogen-bond acceptors (Lipinski definition) is 5. The molecule has 0 aliphatic rings. The van der Waals surface area contributed by atoms with Crippen LogP contribution in [0.2, 0.25) is 5.02 Å². The van der Waals surface area contributed by atoms with Crippen molar-refractivity contribution in [3.63, 3.8) is 0 Å². The largest absolute Gasteiger partial charge is 0.430 e. The number of nitrogens with one attached hydrogen (secondary N) is 2. The monoisotopic (exact) mass is 658 g/mol. The van der Waals surface area contributed by atoms with E-state index in [4.69, 9.17) is 16.9 Å². The molecule has 41 heavy (non-hydrogen) atoms. The molecule has 3 N–H and O–H groups in total. The molecule has 0 aliphatic carbocycles. The summed E-state index contributed by atoms with van der Waals surface area (Å²) >= 11 is 8.69. The summed E-state index contributed by atoms with van der Waals surface area (Å²) in [4.78, 5) is 25.7. The molecule has 3 aromatic carbocycles. The van der Waals surface area contributed by atoms with Crippen LogP contribution in [-0.4, -0.2) is 29.3 Å². The molecular formula is C26H14BrClF6N4O3. The standard InChI is InChI=1S/C26H14BrClF6N4O3/c1-12-6-13(10-35)2-5-17(12)23(40)37-20-7-14(3-4-15(20)11-36)22(39)38-21-18(27)8-16(9-19(21)28)24(41,25(29,30)31)26(32,33)34/h2-9,41H,1H3,(H,37,40)(H,38,39). The van der Waals surface area contributed by atoms with Gasteiger partial charge in [0, 0.05) is 21.2 Å². The Balaban J connectivity index is 1.94. The number of benzene rings is 3. The molecule has 0 spiro atoms. The quantitative estimate of drug-likeness (QED) is 0.255. The number of rotatable bonds is 5. The van der Waals surface area contributed by atoms with Gasteiger partial charge in [-0.2, -0.15) is 36.9 Å². The molecule has 0 radical (unpaired) electrons. The van der Waals surface area contributed by atoms with Gasteiger partial charge in [-0.05, 0) is 76.9 Å². The van der Waals surface area contributed by atoms with Crippen LogP contribution in [0.25, 0.3) is 0 Å². The molecule has 212 valence electrons. The number of anilines is 2. The molecule has 0 unspecified atom stereocenters. The van der Waals surface area contributed by atoms with Gasteiger partial charge in [-0.3, -0.25) is 9.59 Å². The van der Waals surface area contributed by atoms with E-state index in [1.807, 2.05) is 12.1 Å². The lowest BCUT2D eigenvalue weighted by atomic mass is 9.92. The van der Waals surface area contributed by atoms with E-state index < -0.39 is 50.5 Å². The maximum atomic E-state index is 13.3. The van der Waals surface area contributed by atoms with Crippen molar-refractivity contribution < 1.29 is 41.0 Å². The zero-order chi connectivity index (χ0) is 30.9. The number of hydrogen-bond donors (Lipinski definition) is 3. The summed E-state index contributed by atoms with van der Waals surface area (Å²) in [5, 5.41) is 32.0. The SMILES string of the molecule is Cc1cc(C#N)ccc1C(=O)Nc1cc(C(=O)Nc2c(Cl)cc(C(O)(C(F)(F)F)C(F)(F)F)cc2Br)ccc1C#N. The number of carbonyl (C=O) groups excluding carboxylic acids is 2. The Morgan fingerprint density at radius 3 is 2.05 bits per heavy atom. The first kappa shape index (κ1) is 31.4. The summed E-state index contributed by atoms with van der Waals surface area (Å²) in [5.74, 6) is -1.62. The molecule has 3 rings (SSSR count). The highest BCUT2D eigenvalue weighted by Gasteiger charge is 2.71. The third-order valence-corrected chi connectivity index (χ3v) is 6.69. The third-order valence-electron chi connectivity index (χ3n) is 5.77. The number of carbonyl (C=O) groups is 2. The Hall–Kier alpha value is -4.11. The Bertz CT molecular complexity index is 1610. The van der Waals surface area contributed by atoms with E-state index in [9.17, 15) is 46.3 Å². The van der Waals surface area contributed by atoms with Crippen molar-refractivity contribution in [2.75, 3.05) is 10.6 Å². The second-order valence-electron chi connectivity index (χ2n) is 8.44. The Labute approximate surface area is 241 Å². The Morgan fingerprint density at radius 2 is 1.54 bits per heavy atom. The average molecular weight is 660 g/mol. The first-order valence-corrected chi connectivity index (χ1v) is 12.1. The zero-order valence-electron chi connectivity index (χ0n) is 20.3. The lowest BCUT2D eigenvalue weighted by Crippen LogP contribution is -2.53. The molecule has 7 nitrogen and oxygen atoms in total. The predicted octanol–water partition coefficient (Wildman–Crippen LogP) is 6.97. The van der Waals surface area contributed by atoms with Crippen molar-refractivity contribution >= 4 is 50.7 Å². The van der Waals surface area contributed by atoms with Gasteiger partial charge in [0.05, 0.1) is 33.6 Å². The molecule has 0 bridgehead atoms. The van der Waals surface area contributed by atoms with Gasteiger partial charge in [0.25, 0.3) is 17.4 Å². The first-order chi connectivity index (χ1) is 18.9. The highest BCUT2D eigenvalue weighted by Crippen LogP contribution is 2.51. The van der Waals surface area contributed by atoms with E-state index in [0.717, 1.165) is 6.07 Å². The van der Waals surface area contributed by atoms with E-state index >= 15 is 0 Å². The van der Waals surface area contributed by atoms with Crippen molar-refractivity contribution in [1.82, 2.24) is 0 Å². The van der Waals surface area contributed by atoms with Crippen LogP contribution in [0.1, 0.15) is 43.0 Å². The van der Waals surface area contributed by atoms with Crippen LogP contribution in [0.15, 0.2) is 53.0 Å². The van der Waals surface area contributed by atoms with Crippen LogP contribution in [0, 0.1) is 29.6 Å². The minimum absolute atomic E-state index is 0.0386. The number of aryl methyl sites for hydroxylation is 1. The van der Waals surface area contributed by atoms with Gasteiger partial charge in [0.1, 0.15) is 6.07 Å². The van der Waals surface area contributed by atoms with Gasteiger partial charge in [-0.1, -0.05) is 11.6 Å². The molecular weight excluding hydrogens is 646 g/mol. The first-order valence-electron chi connectivity index (χ1n) is 11.0. The minimum atomic E-state index is -6.15. The van der Waals surface area contributed by atoms with E-state index in [-0.39, 0.29) is 28.4 Å². The van der Waals surface area contributed by atoms with Crippen LogP contribution in [0.3, 0.4) is 0 Å². The Morgan fingerprint density at radius 1 is 0.902 bits per heavy atom. The van der Waals surface area contributed by atoms with Gasteiger partial charge in [0.2, 0.25) is 0 Å². The summed E-state index contributed by atoms with van der Waals surface area (Å²) in [7, 11) is 0. The molecule has 0 heterocycles. The molecule has 2 amide bonds. The fourth-order valence-corrected chi connectivity index (χ4v) is 4.58. The van der Waals surface area contributed by atoms with Crippen LogP contribution in [0.5, 0.6) is 0 Å². The second-order valence-corrected chi connectivity index (χ2v) is 9.70. The van der Waals surface area contributed by atoms with Gasteiger partial charge in [-0.15, -0.1) is 0 Å². The Kier molecular flexibility index (Phi) is 8.74. The van der Waals surface area contributed by atoms with Crippen molar-refractivity contribution in [3.8, 4) is 12.1 Å². The van der Waals surface area contributed by atoms with E-state index in [2.05, 4.69) is 26.6 Å². The summed E-state index contributed by atoms with van der Waals surface area (Å²) in [6.45, 7) is 1.59. The number of amides is 2. The second kappa shape index (κ2) is 11.4. The van der Waals surface area contributed by atoms with Gasteiger partial charge in [-0.25, -0.2) is 0 Å². The van der Waals surface area contributed by atoms with Crippen molar-refractivity contribution in [1.29, 1.82) is 10.5 Å². The zero-order valence-corrected chi connectivity index (χ0v) is 22.6. The van der Waals surface area contributed by atoms with Crippen LogP contribution < -0.4 is 10.6 Å². The summed E-state index contributed by atoms with van der Waals surface area (Å²) in [5.41, 5.74) is -6.67. The fourth-order valence-electron chi connectivity index (χ4n) is 3.64. The van der Waals surface area contributed by atoms with E-state index in [0.29, 0.717) is 17.2 Å². The average Bonchev–Trinajstić information content (AvgIpc) is 2.88. The van der Waals surface area contributed by atoms with Gasteiger partial charge in [0.15, 0.2) is 0 Å². The smallest absolute Gasteiger partial charge is 0.369 e. The molecule has 0 aromatic heterocycles. The van der Waals surface area contributed by atoms with Crippen molar-refractivity contribution in [2.24, 2.45) is 0 Å².